The third kappa shape index (κ3) is 5.84. The number of nitrogens with two attached hydrogens (primary N) is 1. The van der Waals surface area contributed by atoms with E-state index in [9.17, 15) is 14.7 Å². The quantitative estimate of drug-likeness (QED) is 0.358. The zero-order valence-corrected chi connectivity index (χ0v) is 21.9. The van der Waals surface area contributed by atoms with E-state index in [-0.39, 0.29) is 12.5 Å². The van der Waals surface area contributed by atoms with Crippen LogP contribution in [0.25, 0.3) is 21.9 Å². The van der Waals surface area contributed by atoms with Gasteiger partial charge in [-0.25, -0.2) is 24.5 Å². The average Bonchev–Trinajstić information content (AvgIpc) is 3.10. The Hall–Kier alpha value is -3.89. The number of carbonyl (C=O) groups is 2. The van der Waals surface area contributed by atoms with E-state index in [2.05, 4.69) is 15.3 Å². The van der Waals surface area contributed by atoms with Crippen molar-refractivity contribution < 1.29 is 19.4 Å². The Morgan fingerprint density at radius 2 is 1.83 bits per heavy atom. The lowest BCUT2D eigenvalue weighted by Gasteiger charge is -2.36. The maximum Gasteiger partial charge on any atom is 0.417 e. The number of ether oxygens (including phenoxy) is 1. The molecular formula is C25H35N7O4. The topological polar surface area (TPSA) is 148 Å². The molecule has 2 aromatic heterocycles. The number of nitrogens with one attached hydrogen (secondary N) is 1. The van der Waals surface area contributed by atoms with Gasteiger partial charge in [0.25, 0.3) is 0 Å². The van der Waals surface area contributed by atoms with Crippen LogP contribution in [0.3, 0.4) is 0 Å². The van der Waals surface area contributed by atoms with Crippen LogP contribution in [0.5, 0.6) is 0 Å². The van der Waals surface area contributed by atoms with Gasteiger partial charge in [0.15, 0.2) is 5.82 Å². The molecule has 0 spiro atoms. The van der Waals surface area contributed by atoms with Crippen molar-refractivity contribution in [2.75, 3.05) is 12.3 Å². The highest BCUT2D eigenvalue weighted by Gasteiger charge is 2.35. The fraction of sp³-hybridized carbons (Fsp3) is 0.480. The second kappa shape index (κ2) is 10.00. The molecule has 3 rings (SSSR count). The van der Waals surface area contributed by atoms with Crippen molar-refractivity contribution in [1.29, 1.82) is 0 Å². The van der Waals surface area contributed by atoms with Crippen LogP contribution in [0.1, 0.15) is 54.3 Å². The predicted molar refractivity (Wildman–Crippen MR) is 140 cm³/mol. The molecule has 0 fully saturated rings. The van der Waals surface area contributed by atoms with Crippen LogP contribution in [0.2, 0.25) is 0 Å². The third-order valence-electron chi connectivity index (χ3n) is 5.27. The first-order chi connectivity index (χ1) is 16.7. The molecule has 2 amide bonds. The van der Waals surface area contributed by atoms with E-state index in [0.29, 0.717) is 24.3 Å². The molecule has 0 aliphatic carbocycles. The van der Waals surface area contributed by atoms with Gasteiger partial charge in [-0.3, -0.25) is 10.3 Å². The van der Waals surface area contributed by atoms with Gasteiger partial charge >= 0.3 is 12.2 Å². The van der Waals surface area contributed by atoms with Crippen molar-refractivity contribution >= 4 is 45.9 Å². The second-order valence-corrected chi connectivity index (χ2v) is 10.4. The molecule has 36 heavy (non-hydrogen) atoms. The van der Waals surface area contributed by atoms with E-state index in [1.54, 1.807) is 41.5 Å². The molecule has 0 aliphatic heterocycles. The summed E-state index contributed by atoms with van der Waals surface area (Å²) in [5.74, 6) is 1.04. The van der Waals surface area contributed by atoms with E-state index >= 15 is 0 Å². The monoisotopic (exact) mass is 497 g/mol. The van der Waals surface area contributed by atoms with Crippen molar-refractivity contribution in [1.82, 2.24) is 24.8 Å². The number of carbonyl (C=O) groups excluding carboxylic acids is 1. The molecule has 11 nitrogen and oxygen atoms in total. The number of nitrogens with zero attached hydrogens (tertiary/aromatic N) is 5. The summed E-state index contributed by atoms with van der Waals surface area (Å²) >= 11 is 0. The lowest BCUT2D eigenvalue weighted by molar-refractivity contribution is 0.0242. The number of amides is 2. The van der Waals surface area contributed by atoms with E-state index in [0.717, 1.165) is 22.2 Å². The number of rotatable bonds is 4. The zero-order chi connectivity index (χ0) is 26.8. The normalized spacial score (nSPS) is 12.7. The highest BCUT2D eigenvalue weighted by molar-refractivity contribution is 6.06. The maximum absolute atomic E-state index is 13.0. The van der Waals surface area contributed by atoms with Crippen molar-refractivity contribution in [3.63, 3.8) is 0 Å². The number of hydrogen-bond donors (Lipinski definition) is 3. The number of hydrogen-bond acceptors (Lipinski definition) is 7. The average molecular weight is 498 g/mol. The number of fused-ring (bicyclic) bond motifs is 3. The number of aryl methyl sites for hydroxylation is 1. The molecule has 0 radical (unpaired) electrons. The van der Waals surface area contributed by atoms with Gasteiger partial charge in [0.05, 0.1) is 17.6 Å². The minimum Gasteiger partial charge on any atom is -0.465 e. The zero-order valence-electron chi connectivity index (χ0n) is 21.9. The van der Waals surface area contributed by atoms with Gasteiger partial charge in [-0.2, -0.15) is 0 Å². The van der Waals surface area contributed by atoms with Crippen LogP contribution in [0, 0.1) is 0 Å². The number of aliphatic imine (C=N–C) groups is 1. The van der Waals surface area contributed by atoms with E-state index in [1.165, 1.54) is 4.90 Å². The van der Waals surface area contributed by atoms with Gasteiger partial charge in [-0.1, -0.05) is 25.1 Å². The van der Waals surface area contributed by atoms with Crippen molar-refractivity contribution in [3.05, 3.63) is 30.1 Å². The van der Waals surface area contributed by atoms with Crippen LogP contribution < -0.4 is 11.1 Å². The minimum absolute atomic E-state index is 0.113. The molecule has 0 atom stereocenters. The predicted octanol–water partition coefficient (Wildman–Crippen LogP) is 4.39. The largest absolute Gasteiger partial charge is 0.465 e. The van der Waals surface area contributed by atoms with Gasteiger partial charge in [-0.15, -0.1) is 0 Å². The molecule has 0 saturated carbocycles. The first-order valence-electron chi connectivity index (χ1n) is 11.8. The van der Waals surface area contributed by atoms with E-state index in [4.69, 9.17) is 15.5 Å². The fourth-order valence-electron chi connectivity index (χ4n) is 3.92. The summed E-state index contributed by atoms with van der Waals surface area (Å²) in [5, 5.41) is 12.6. The summed E-state index contributed by atoms with van der Waals surface area (Å²) in [7, 11) is 0. The van der Waals surface area contributed by atoms with E-state index < -0.39 is 23.3 Å². The Morgan fingerprint density at radius 3 is 2.42 bits per heavy atom. The molecular weight excluding hydrogens is 462 g/mol. The van der Waals surface area contributed by atoms with Crippen molar-refractivity contribution in [2.24, 2.45) is 4.99 Å². The van der Waals surface area contributed by atoms with Gasteiger partial charge in [0.2, 0.25) is 5.96 Å². The first kappa shape index (κ1) is 26.7. The summed E-state index contributed by atoms with van der Waals surface area (Å²) in [4.78, 5) is 39.5. The number of nitrogen functional groups attached to an aromatic ring is 1. The minimum atomic E-state index is -1.33. The van der Waals surface area contributed by atoms with Crippen LogP contribution in [-0.4, -0.2) is 60.4 Å². The summed E-state index contributed by atoms with van der Waals surface area (Å²) in [6, 6.07) is 7.68. The number of pyridine rings is 1. The molecule has 194 valence electrons. The molecule has 0 aliphatic rings. The molecule has 4 N–H and O–H groups in total. The summed E-state index contributed by atoms with van der Waals surface area (Å²) in [5.41, 5.74) is 6.85. The Labute approximate surface area is 210 Å². The maximum atomic E-state index is 13.0. The first-order valence-corrected chi connectivity index (χ1v) is 11.8. The highest BCUT2D eigenvalue weighted by Crippen LogP contribution is 2.29. The highest BCUT2D eigenvalue weighted by atomic mass is 16.6. The van der Waals surface area contributed by atoms with Gasteiger partial charge in [0, 0.05) is 23.9 Å². The third-order valence-corrected chi connectivity index (χ3v) is 5.27. The molecule has 3 aromatic rings. The van der Waals surface area contributed by atoms with Crippen molar-refractivity contribution in [2.45, 2.75) is 72.6 Å². The number of benzene rings is 1. The summed E-state index contributed by atoms with van der Waals surface area (Å²) in [6.45, 7) is 13.1. The molecule has 2 heterocycles. The van der Waals surface area contributed by atoms with Gasteiger partial charge < -0.3 is 20.1 Å². The summed E-state index contributed by atoms with van der Waals surface area (Å²) < 4.78 is 7.55. The van der Waals surface area contributed by atoms with Gasteiger partial charge in [0.1, 0.15) is 16.9 Å². The SMILES string of the molecule is CCc1nc2c(N)nc3ccccc3c2n1CCN=C(NC(=O)O)N(C(=O)OC(C)(C)C)C(C)(C)C. The van der Waals surface area contributed by atoms with Crippen LogP contribution in [-0.2, 0) is 17.7 Å². The molecule has 0 saturated heterocycles. The van der Waals surface area contributed by atoms with Crippen LogP contribution in [0.4, 0.5) is 15.4 Å². The standard InChI is InChI=1S/C25H35N7O4/c1-8-17-29-18-19(15-11-9-10-12-16(15)28-20(18)26)31(17)14-13-27-21(30-22(33)34)32(24(2,3)4)23(35)36-25(5,6)7/h9-12H,8,13-14H2,1-7H3,(H2,26,28)(H,27,30)(H,33,34). The Balaban J connectivity index is 2.04. The van der Waals surface area contributed by atoms with Gasteiger partial charge in [-0.05, 0) is 47.6 Å². The number of guanidine groups is 1. The number of carboxylic acid groups (broad SMARTS) is 1. The number of anilines is 1. The van der Waals surface area contributed by atoms with E-state index in [1.807, 2.05) is 35.8 Å². The van der Waals surface area contributed by atoms with Crippen molar-refractivity contribution in [3.8, 4) is 0 Å². The Bertz CT molecular complexity index is 1320. The number of para-hydroxylation sites is 1. The van der Waals surface area contributed by atoms with Crippen LogP contribution >= 0.6 is 0 Å². The van der Waals surface area contributed by atoms with Crippen LogP contribution in [0.15, 0.2) is 29.3 Å². The lowest BCUT2D eigenvalue weighted by atomic mass is 10.1. The fourth-order valence-corrected chi connectivity index (χ4v) is 3.92. The Kier molecular flexibility index (Phi) is 7.42. The summed E-state index contributed by atoms with van der Waals surface area (Å²) in [6.07, 6.45) is -1.38. The second-order valence-electron chi connectivity index (χ2n) is 10.4. The smallest absolute Gasteiger partial charge is 0.417 e. The molecule has 1 aromatic carbocycles. The number of aromatic nitrogens is 3. The lowest BCUT2D eigenvalue weighted by Crippen LogP contribution is -2.56. The number of imidazole rings is 1. The molecule has 11 heteroatoms. The molecule has 0 bridgehead atoms. The molecule has 0 unspecified atom stereocenters. The Morgan fingerprint density at radius 1 is 1.17 bits per heavy atom.